The fraction of sp³-hybridized carbons (Fsp3) is 1.00. The van der Waals surface area contributed by atoms with Crippen LogP contribution in [0.2, 0.25) is 0 Å². The van der Waals surface area contributed by atoms with Crippen LogP contribution >= 0.6 is 7.82 Å². The molecule has 2 atom stereocenters. The minimum atomic E-state index is -4.32. The van der Waals surface area contributed by atoms with Gasteiger partial charge < -0.3 is 9.79 Å². The van der Waals surface area contributed by atoms with E-state index in [1.54, 1.807) is 6.92 Å². The van der Waals surface area contributed by atoms with Crippen LogP contribution < -0.4 is 0 Å². The third-order valence-corrected chi connectivity index (χ3v) is 3.23. The Morgan fingerprint density at radius 2 is 1.80 bits per heavy atom. The topological polar surface area (TPSA) is 66.8 Å². The maximum Gasteiger partial charge on any atom is 0.469 e. The van der Waals surface area contributed by atoms with E-state index in [1.807, 2.05) is 6.92 Å². The quantitative estimate of drug-likeness (QED) is 0.503. The molecule has 5 heteroatoms. The Bertz CT molecular complexity index is 202. The van der Waals surface area contributed by atoms with Crippen LogP contribution in [-0.4, -0.2) is 15.9 Å². The van der Waals surface area contributed by atoms with Crippen LogP contribution in [0.15, 0.2) is 0 Å². The Morgan fingerprint density at radius 1 is 1.20 bits per heavy atom. The molecule has 0 saturated heterocycles. The van der Waals surface area contributed by atoms with Crippen LogP contribution in [0.3, 0.4) is 0 Å². The Kier molecular flexibility index (Phi) is 7.45. The van der Waals surface area contributed by atoms with Gasteiger partial charge in [0, 0.05) is 0 Å². The molecule has 15 heavy (non-hydrogen) atoms. The Hall–Kier alpha value is 0.110. The number of rotatable bonds is 8. The van der Waals surface area contributed by atoms with Crippen LogP contribution in [0, 0.1) is 5.92 Å². The van der Waals surface area contributed by atoms with E-state index in [0.29, 0.717) is 0 Å². The second-order valence-electron chi connectivity index (χ2n) is 4.13. The molecule has 0 radical (unpaired) electrons. The van der Waals surface area contributed by atoms with E-state index in [9.17, 15) is 4.57 Å². The highest BCUT2D eigenvalue weighted by Crippen LogP contribution is 2.39. The van der Waals surface area contributed by atoms with Crippen molar-refractivity contribution in [3.63, 3.8) is 0 Å². The first-order chi connectivity index (χ1) is 6.87. The van der Waals surface area contributed by atoms with Gasteiger partial charge >= 0.3 is 7.82 Å². The smallest absolute Gasteiger partial charge is 0.303 e. The minimum Gasteiger partial charge on any atom is -0.303 e. The fourth-order valence-electron chi connectivity index (χ4n) is 1.45. The van der Waals surface area contributed by atoms with Gasteiger partial charge in [-0.1, -0.05) is 39.5 Å². The van der Waals surface area contributed by atoms with E-state index in [-0.39, 0.29) is 12.0 Å². The van der Waals surface area contributed by atoms with Crippen molar-refractivity contribution in [1.29, 1.82) is 0 Å². The summed E-state index contributed by atoms with van der Waals surface area (Å²) in [5.41, 5.74) is 0. The van der Waals surface area contributed by atoms with Crippen molar-refractivity contribution in [1.82, 2.24) is 0 Å². The summed E-state index contributed by atoms with van der Waals surface area (Å²) < 4.78 is 15.2. The van der Waals surface area contributed by atoms with Crippen LogP contribution in [0.4, 0.5) is 0 Å². The number of unbranched alkanes of at least 4 members (excludes halogenated alkanes) is 3. The molecule has 0 spiro atoms. The lowest BCUT2D eigenvalue weighted by atomic mass is 9.98. The summed E-state index contributed by atoms with van der Waals surface area (Å²) in [6.07, 6.45) is 5.28. The molecule has 0 aliphatic rings. The molecule has 2 N–H and O–H groups in total. The zero-order valence-electron chi connectivity index (χ0n) is 9.85. The van der Waals surface area contributed by atoms with Gasteiger partial charge in [0.2, 0.25) is 0 Å². The van der Waals surface area contributed by atoms with Gasteiger partial charge in [0.05, 0.1) is 6.10 Å². The first-order valence-electron chi connectivity index (χ1n) is 5.60. The molecule has 2 unspecified atom stereocenters. The summed E-state index contributed by atoms with van der Waals surface area (Å²) in [5.74, 6) is 0.189. The average molecular weight is 238 g/mol. The maximum absolute atomic E-state index is 10.6. The predicted octanol–water partition coefficient (Wildman–Crippen LogP) is 3.09. The summed E-state index contributed by atoms with van der Waals surface area (Å²) in [6.45, 7) is 5.83. The first-order valence-corrected chi connectivity index (χ1v) is 7.13. The molecular formula is C10H23O4P. The molecule has 0 aliphatic carbocycles. The van der Waals surface area contributed by atoms with Crippen LogP contribution in [0.25, 0.3) is 0 Å². The van der Waals surface area contributed by atoms with Crippen molar-refractivity contribution in [3.8, 4) is 0 Å². The molecule has 0 fully saturated rings. The van der Waals surface area contributed by atoms with Crippen molar-refractivity contribution in [3.05, 3.63) is 0 Å². The fourth-order valence-corrected chi connectivity index (χ4v) is 2.09. The molecule has 0 bridgehead atoms. The molecule has 0 saturated carbocycles. The van der Waals surface area contributed by atoms with Gasteiger partial charge in [0.25, 0.3) is 0 Å². The van der Waals surface area contributed by atoms with Crippen LogP contribution in [-0.2, 0) is 9.09 Å². The van der Waals surface area contributed by atoms with Gasteiger partial charge in [0.1, 0.15) is 0 Å². The minimum absolute atomic E-state index is 0.189. The lowest BCUT2D eigenvalue weighted by Gasteiger charge is -2.20. The second-order valence-corrected chi connectivity index (χ2v) is 5.32. The highest BCUT2D eigenvalue weighted by Gasteiger charge is 2.22. The molecule has 0 aromatic carbocycles. The molecular weight excluding hydrogens is 215 g/mol. The van der Waals surface area contributed by atoms with E-state index in [0.717, 1.165) is 12.8 Å². The zero-order valence-corrected chi connectivity index (χ0v) is 10.7. The van der Waals surface area contributed by atoms with Gasteiger partial charge in [-0.05, 0) is 19.3 Å². The normalized spacial score (nSPS) is 16.3. The molecule has 0 aromatic rings. The Labute approximate surface area is 92.3 Å². The summed E-state index contributed by atoms with van der Waals surface area (Å²) in [4.78, 5) is 17.3. The lowest BCUT2D eigenvalue weighted by molar-refractivity contribution is 0.103. The van der Waals surface area contributed by atoms with Gasteiger partial charge in [0.15, 0.2) is 0 Å². The summed E-state index contributed by atoms with van der Waals surface area (Å²) in [5, 5.41) is 0. The van der Waals surface area contributed by atoms with Crippen LogP contribution in [0.5, 0.6) is 0 Å². The Morgan fingerprint density at radius 3 is 2.27 bits per heavy atom. The highest BCUT2D eigenvalue weighted by atomic mass is 31.2. The van der Waals surface area contributed by atoms with Gasteiger partial charge in [-0.25, -0.2) is 4.57 Å². The number of phosphoric ester groups is 1. The monoisotopic (exact) mass is 238 g/mol. The largest absolute Gasteiger partial charge is 0.469 e. The standard InChI is InChI=1S/C10H23O4P/c1-4-5-6-7-8-9(2)10(3)14-15(11,12)13/h9-10H,4-8H2,1-3H3,(H2,11,12,13). The summed E-state index contributed by atoms with van der Waals surface area (Å²) in [6, 6.07) is 0. The van der Waals surface area contributed by atoms with E-state index >= 15 is 0 Å². The number of phosphoric acid groups is 1. The highest BCUT2D eigenvalue weighted by molar-refractivity contribution is 7.46. The zero-order chi connectivity index (χ0) is 11.9. The molecule has 0 rings (SSSR count). The van der Waals surface area contributed by atoms with Gasteiger partial charge in [-0.2, -0.15) is 0 Å². The summed E-state index contributed by atoms with van der Waals surface area (Å²) >= 11 is 0. The van der Waals surface area contributed by atoms with Crippen molar-refractivity contribution in [2.75, 3.05) is 0 Å². The predicted molar refractivity (Wildman–Crippen MR) is 60.5 cm³/mol. The van der Waals surface area contributed by atoms with E-state index in [2.05, 4.69) is 11.4 Å². The average Bonchev–Trinajstić information content (AvgIpc) is 2.09. The third-order valence-electron chi connectivity index (χ3n) is 2.62. The first kappa shape index (κ1) is 15.1. The number of hydrogen-bond donors (Lipinski definition) is 2. The molecule has 0 aromatic heterocycles. The SMILES string of the molecule is CCCCCCC(C)C(C)OP(=O)(O)O. The van der Waals surface area contributed by atoms with Crippen molar-refractivity contribution < 1.29 is 18.9 Å². The molecule has 0 heterocycles. The van der Waals surface area contributed by atoms with E-state index in [1.165, 1.54) is 19.3 Å². The van der Waals surface area contributed by atoms with E-state index < -0.39 is 7.82 Å². The van der Waals surface area contributed by atoms with Crippen molar-refractivity contribution in [2.45, 2.75) is 59.0 Å². The molecule has 0 aliphatic heterocycles. The molecule has 4 nitrogen and oxygen atoms in total. The maximum atomic E-state index is 10.6. The van der Waals surface area contributed by atoms with Crippen molar-refractivity contribution >= 4 is 7.82 Å². The van der Waals surface area contributed by atoms with Crippen LogP contribution in [0.1, 0.15) is 52.9 Å². The Balaban J connectivity index is 3.69. The summed E-state index contributed by atoms with van der Waals surface area (Å²) in [7, 11) is -4.32. The second kappa shape index (κ2) is 7.39. The van der Waals surface area contributed by atoms with E-state index in [4.69, 9.17) is 9.79 Å². The molecule has 92 valence electrons. The number of hydrogen-bond acceptors (Lipinski definition) is 2. The van der Waals surface area contributed by atoms with Gasteiger partial charge in [-0.15, -0.1) is 0 Å². The van der Waals surface area contributed by atoms with Gasteiger partial charge in [-0.3, -0.25) is 4.52 Å². The third kappa shape index (κ3) is 9.06. The molecule has 0 amide bonds. The van der Waals surface area contributed by atoms with Crippen molar-refractivity contribution in [2.24, 2.45) is 5.92 Å². The lowest BCUT2D eigenvalue weighted by Crippen LogP contribution is -2.16.